The van der Waals surface area contributed by atoms with Gasteiger partial charge >= 0.3 is 34.1 Å². The van der Waals surface area contributed by atoms with Gasteiger partial charge in [-0.05, 0) is 329 Å². The van der Waals surface area contributed by atoms with E-state index in [1.54, 1.807) is 18.3 Å². The van der Waals surface area contributed by atoms with E-state index in [4.69, 9.17) is 38.2 Å². The molecule has 4 atom stereocenters. The third-order valence-electron chi connectivity index (χ3n) is 27.3. The molecule has 0 aromatic heterocycles. The van der Waals surface area contributed by atoms with Gasteiger partial charge in [-0.2, -0.15) is 8.42 Å². The van der Waals surface area contributed by atoms with Crippen molar-refractivity contribution >= 4 is 74.6 Å². The molecular weight excluding hydrogens is 1800 g/mol. The maximum atomic E-state index is 14.1. The highest BCUT2D eigenvalue weighted by Gasteiger charge is 2.49. The smallest absolute Gasteiger partial charge is 0.337 e. The predicted molar refractivity (Wildman–Crippen MR) is 556 cm³/mol. The number of anilines is 4. The number of carbonyl (C=O) groups excluding carboxylic acids is 1. The first-order valence-electron chi connectivity index (χ1n) is 48.8. The maximum Gasteiger partial charge on any atom is 0.337 e. The third-order valence-corrected chi connectivity index (χ3v) is 29.1. The number of carbonyl (C=O) groups is 5. The lowest BCUT2D eigenvalue weighted by Crippen LogP contribution is -2.50. The fourth-order valence-corrected chi connectivity index (χ4v) is 22.5. The number of rotatable bonds is 17. The second kappa shape index (κ2) is 40.6. The number of nitrogens with zero attached hydrogens (tertiary/aromatic N) is 3. The molecule has 1 saturated carbocycles. The molecule has 0 saturated heterocycles. The quantitative estimate of drug-likeness (QED) is 0.0493. The van der Waals surface area contributed by atoms with Gasteiger partial charge in [0.1, 0.15) is 22.9 Å². The summed E-state index contributed by atoms with van der Waals surface area (Å²) in [7, 11) is -3.89. The van der Waals surface area contributed by atoms with E-state index in [1.165, 1.54) is 15.0 Å². The minimum absolute atomic E-state index is 0.0832. The van der Waals surface area contributed by atoms with E-state index in [0.29, 0.717) is 89.8 Å². The Hall–Kier alpha value is -13.0. The molecule has 7 aliphatic rings. The monoisotopic (exact) mass is 1930 g/mol. The zero-order valence-corrected chi connectivity index (χ0v) is 86.0. The topological polar surface area (TPSA) is 308 Å². The molecule has 11 aromatic rings. The Morgan fingerprint density at radius 2 is 0.879 bits per heavy atom. The Morgan fingerprint density at radius 1 is 0.433 bits per heavy atom. The van der Waals surface area contributed by atoms with Crippen LogP contribution in [0.15, 0.2) is 175 Å². The average molecular weight is 1930 g/mol. The van der Waals surface area contributed by atoms with Gasteiger partial charge < -0.3 is 64.2 Å². The second-order valence-corrected chi connectivity index (χ2v) is 44.0. The largest absolute Gasteiger partial charge is 0.493 e. The summed E-state index contributed by atoms with van der Waals surface area (Å²) in [5, 5.41) is 48.0. The van der Waals surface area contributed by atoms with Crippen LogP contribution in [0.5, 0.6) is 28.7 Å². The molecule has 6 heterocycles. The van der Waals surface area contributed by atoms with Gasteiger partial charge in [0.25, 0.3) is 0 Å². The number of carboxylic acids is 4. The number of ether oxygens (including phenoxy) is 7. The molecule has 141 heavy (non-hydrogen) atoms. The first-order chi connectivity index (χ1) is 66.5. The van der Waals surface area contributed by atoms with Crippen LogP contribution in [-0.4, -0.2) is 100 Å². The molecule has 6 aliphatic heterocycles. The van der Waals surface area contributed by atoms with Crippen LogP contribution in [0.25, 0.3) is 44.5 Å². The first-order valence-corrected chi connectivity index (χ1v) is 50.2. The number of hydrogen-bond acceptors (Lipinski definition) is 16. The molecule has 0 unspecified atom stereocenters. The van der Waals surface area contributed by atoms with Crippen molar-refractivity contribution in [2.75, 3.05) is 32.4 Å². The SMILES string of the molecule is Cc1c2c3c(c([C@H](OC(C)(C)C)C(=O)O)c1-c1ccc4c(c1)CCCO4)CCCN3S(=O)(=O)N(c1ccccc1)C2.Cc1ccc(-c2c(C)c3c(c(C)c2[C@H](OC(C)(C)C)C(=O)O)N=Cc2ccccc2O3)cc1.Cc1ccc(-c2c(C)c3c(c(C)c2[C@H](OC(C)(C)C)C(=O)O)NC(=O)C2(CCCCC2)C3)cc1.Cc1ccc(-c2c(C)c3c(c(C)c2[C@H](OC(C)(C)C)C(=O)O)NCc2ccccc2O3)cc1. The minimum atomic E-state index is -3.89. The molecule has 6 N–H and O–H groups in total. The van der Waals surface area contributed by atoms with Gasteiger partial charge in [0.2, 0.25) is 5.91 Å². The van der Waals surface area contributed by atoms with Crippen LogP contribution in [0.3, 0.4) is 0 Å². The minimum Gasteiger partial charge on any atom is -0.493 e. The second-order valence-electron chi connectivity index (χ2n) is 42.2. The summed E-state index contributed by atoms with van der Waals surface area (Å²) >= 11 is 0. The summed E-state index contributed by atoms with van der Waals surface area (Å²) in [6.45, 7) is 43.9. The van der Waals surface area contributed by atoms with E-state index in [0.717, 1.165) is 201 Å². The fraction of sp³-hybridized carbons (Fsp3) is 0.385. The van der Waals surface area contributed by atoms with Crippen LogP contribution in [0, 0.1) is 74.7 Å². The van der Waals surface area contributed by atoms with Crippen LogP contribution in [0.4, 0.5) is 28.4 Å². The lowest BCUT2D eigenvalue weighted by molar-refractivity contribution is -0.161. The first kappa shape index (κ1) is 102. The molecule has 1 fully saturated rings. The summed E-state index contributed by atoms with van der Waals surface area (Å²) < 4.78 is 74.3. The van der Waals surface area contributed by atoms with Gasteiger partial charge in [0.05, 0.1) is 58.0 Å². The Bertz CT molecular complexity index is 6830. The molecule has 0 radical (unpaired) electrons. The molecular formula is C117H133N5O18S. The number of nitrogens with one attached hydrogen (secondary N) is 2. The van der Waals surface area contributed by atoms with Crippen molar-refractivity contribution in [2.24, 2.45) is 10.4 Å². The summed E-state index contributed by atoms with van der Waals surface area (Å²) in [6, 6.07) is 55.3. The van der Waals surface area contributed by atoms with E-state index in [2.05, 4.69) is 47.9 Å². The van der Waals surface area contributed by atoms with Gasteiger partial charge in [-0.1, -0.05) is 163 Å². The molecule has 1 spiro atoms. The van der Waals surface area contributed by atoms with Crippen LogP contribution in [0.1, 0.15) is 264 Å². The summed E-state index contributed by atoms with van der Waals surface area (Å²) in [6.07, 6.45) is 5.83. The molecule has 1 aliphatic carbocycles. The Balaban J connectivity index is 0.000000143. The highest BCUT2D eigenvalue weighted by atomic mass is 32.2. The van der Waals surface area contributed by atoms with Crippen molar-refractivity contribution < 1.29 is 86.0 Å². The fourth-order valence-electron chi connectivity index (χ4n) is 20.8. The van der Waals surface area contributed by atoms with Crippen molar-refractivity contribution in [2.45, 2.75) is 276 Å². The lowest BCUT2D eigenvalue weighted by Gasteiger charge is -2.44. The zero-order chi connectivity index (χ0) is 102. The number of aryl methyl sites for hydroxylation is 4. The molecule has 1 amide bonds. The van der Waals surface area contributed by atoms with Crippen LogP contribution >= 0.6 is 0 Å². The number of carboxylic acid groups (broad SMARTS) is 4. The molecule has 18 rings (SSSR count). The van der Waals surface area contributed by atoms with Crippen molar-refractivity contribution in [3.8, 4) is 73.3 Å². The average Bonchev–Trinajstić information content (AvgIpc) is 1.07. The highest BCUT2D eigenvalue weighted by Crippen LogP contribution is 2.57. The normalized spacial score (nSPS) is 16.1. The van der Waals surface area contributed by atoms with Crippen LogP contribution in [-0.2, 0) is 85.5 Å². The number of hydrogen-bond donors (Lipinski definition) is 6. The van der Waals surface area contributed by atoms with Crippen molar-refractivity contribution in [1.82, 2.24) is 0 Å². The number of aliphatic imine (C=N–C) groups is 1. The maximum absolute atomic E-state index is 14.1. The van der Waals surface area contributed by atoms with E-state index in [1.807, 2.05) is 273 Å². The number of amides is 1. The van der Waals surface area contributed by atoms with E-state index < -0.39 is 80.9 Å². The van der Waals surface area contributed by atoms with Crippen LogP contribution < -0.4 is 33.5 Å². The van der Waals surface area contributed by atoms with E-state index >= 15 is 0 Å². The third kappa shape index (κ3) is 21.5. The molecule has 23 nitrogen and oxygen atoms in total. The van der Waals surface area contributed by atoms with Gasteiger partial charge in [-0.25, -0.2) is 23.5 Å². The predicted octanol–water partition coefficient (Wildman–Crippen LogP) is 26.6. The van der Waals surface area contributed by atoms with Gasteiger partial charge in [0.15, 0.2) is 35.9 Å². The van der Waals surface area contributed by atoms with E-state index in [9.17, 15) is 52.8 Å². The Labute approximate surface area is 829 Å². The number of para-hydroxylation sites is 3. The summed E-state index contributed by atoms with van der Waals surface area (Å²) in [5.41, 5.74) is 25.0. The summed E-state index contributed by atoms with van der Waals surface area (Å²) in [4.78, 5) is 68.6. The van der Waals surface area contributed by atoms with Crippen molar-refractivity contribution in [3.05, 3.63) is 281 Å². The van der Waals surface area contributed by atoms with Crippen molar-refractivity contribution in [1.29, 1.82) is 0 Å². The van der Waals surface area contributed by atoms with Gasteiger partial charge in [0, 0.05) is 75.1 Å². The van der Waals surface area contributed by atoms with Crippen molar-refractivity contribution in [3.63, 3.8) is 0 Å². The highest BCUT2D eigenvalue weighted by molar-refractivity contribution is 7.94. The molecule has 11 aromatic carbocycles. The molecule has 0 bridgehead atoms. The van der Waals surface area contributed by atoms with Crippen LogP contribution in [0.2, 0.25) is 0 Å². The number of aliphatic carboxylic acids is 4. The standard InChI is InChI=1S/C32H36N2O6S.C29H37NO4.C28H31NO4.C28H29NO4/c1-20-25-19-34(23-11-6-5-7-12-23)41(37,38)33-16-8-13-24(29(25)33)28(30(31(35)36)40-32(2,3)4)27(20)22-14-15-26-21(18-22)10-9-17-39-26;1-17-10-12-20(13-11-17)22-18(2)21-16-29(14-8-7-9-15-29)27(33)30-24(21)19(3)23(22)25(26(31)32)34-28(4,5)6;2*1-16-11-13-19(14-12-16)22-18(3)25-24(29-15-20-9-7-8-10-21(20)32-25)17(2)23(22)26(27(30)31)33-28(4,5)6/h5-7,11-12,14-15,18,30H,8-10,13,16-17,19H2,1-4H3,(H,35,36);10-13,25H,7-9,14-16H2,1-6H3,(H,30,33)(H,31,32);7-14,26,29H,15H2,1-6H3,(H,30,31);7-15,26H,1-6H3,(H,30,31)/t30-;25-;2*26-/m0000/s1. The number of fused-ring (bicyclic) bond motifs is 6. The zero-order valence-electron chi connectivity index (χ0n) is 85.2. The summed E-state index contributed by atoms with van der Waals surface area (Å²) in [5.74, 6) is -0.380. The Kier molecular flexibility index (Phi) is 29.5. The van der Waals surface area contributed by atoms with E-state index in [-0.39, 0.29) is 17.9 Å². The van der Waals surface area contributed by atoms with Gasteiger partial charge in [-0.3, -0.25) is 14.1 Å². The Morgan fingerprint density at radius 3 is 1.40 bits per heavy atom. The number of benzene rings is 11. The molecule has 24 heteroatoms. The van der Waals surface area contributed by atoms with Gasteiger partial charge in [-0.15, -0.1) is 0 Å². The lowest BCUT2D eigenvalue weighted by atomic mass is 9.66. The molecule has 740 valence electrons.